The number of nitrogens with zero attached hydrogens (tertiary/aromatic N) is 1. The Kier molecular flexibility index (Phi) is 51.9. The number of allylic oxidation sites excluding steroid dienone is 17. The lowest BCUT2D eigenvalue weighted by atomic mass is 10.0. The van der Waals surface area contributed by atoms with E-state index < -0.39 is 26.6 Å². The van der Waals surface area contributed by atoms with Gasteiger partial charge in [-0.2, -0.15) is 0 Å². The van der Waals surface area contributed by atoms with Gasteiger partial charge in [-0.05, 0) is 89.9 Å². The summed E-state index contributed by atoms with van der Waals surface area (Å²) in [6, 6.07) is -0.912. The number of hydrogen-bond acceptors (Lipinski definition) is 6. The summed E-state index contributed by atoms with van der Waals surface area (Å²) in [5.74, 6) is -0.214. The first kappa shape index (κ1) is 70.2. The zero-order chi connectivity index (χ0) is 53.5. The molecule has 73 heavy (non-hydrogen) atoms. The number of aliphatic hydroxyl groups is 1. The lowest BCUT2D eigenvalue weighted by Gasteiger charge is -2.29. The summed E-state index contributed by atoms with van der Waals surface area (Å²) in [5.41, 5.74) is 0. The Bertz CT molecular complexity index is 1550. The van der Waals surface area contributed by atoms with Crippen molar-refractivity contribution in [1.82, 2.24) is 5.32 Å². The molecule has 3 atom stereocenters. The molecule has 0 aliphatic carbocycles. The molecule has 0 heterocycles. The third kappa shape index (κ3) is 56.7. The Hall–Kier alpha value is -2.84. The lowest BCUT2D eigenvalue weighted by molar-refractivity contribution is -0.870. The molecule has 3 unspecified atom stereocenters. The van der Waals surface area contributed by atoms with Crippen LogP contribution in [0.2, 0.25) is 0 Å². The summed E-state index contributed by atoms with van der Waals surface area (Å²) >= 11 is 0. The molecule has 0 aromatic carbocycles. The Labute approximate surface area is 451 Å². The van der Waals surface area contributed by atoms with Crippen molar-refractivity contribution in [3.05, 3.63) is 109 Å². The number of unbranched alkanes of at least 4 members (excludes halogenated alkanes) is 24. The van der Waals surface area contributed by atoms with E-state index in [4.69, 9.17) is 9.05 Å². The second-order valence-corrected chi connectivity index (χ2v) is 22.4. The fourth-order valence-electron chi connectivity index (χ4n) is 8.06. The number of phosphoric acid groups is 1. The van der Waals surface area contributed by atoms with Crippen LogP contribution in [-0.2, 0) is 18.4 Å². The molecule has 1 amide bonds. The van der Waals surface area contributed by atoms with Gasteiger partial charge in [-0.3, -0.25) is 9.36 Å². The van der Waals surface area contributed by atoms with Crippen molar-refractivity contribution in [2.75, 3.05) is 40.9 Å². The van der Waals surface area contributed by atoms with E-state index in [0.29, 0.717) is 17.4 Å². The van der Waals surface area contributed by atoms with E-state index in [1.165, 1.54) is 128 Å². The number of nitrogens with one attached hydrogen (secondary N) is 1. The van der Waals surface area contributed by atoms with Crippen molar-refractivity contribution in [3.8, 4) is 0 Å². The normalized spacial score (nSPS) is 14.7. The van der Waals surface area contributed by atoms with Crippen molar-refractivity contribution in [1.29, 1.82) is 0 Å². The number of rotatable bonds is 53. The van der Waals surface area contributed by atoms with Crippen LogP contribution in [0.4, 0.5) is 0 Å². The molecule has 0 aliphatic rings. The highest BCUT2D eigenvalue weighted by Crippen LogP contribution is 2.38. The van der Waals surface area contributed by atoms with Crippen molar-refractivity contribution < 1.29 is 32.9 Å². The molecular weight excluding hydrogens is 924 g/mol. The average molecular weight is 1040 g/mol. The standard InChI is InChI=1S/C64H113N2O6P/c1-6-8-10-12-14-16-18-20-21-22-23-24-25-26-27-28-29-30-31-32-33-34-35-36-37-38-39-40-41-42-43-44-45-46-48-50-52-54-56-58-64(68)65-62(61-72-73(69,70)71-60-59-66(3,4)5)63(67)57-55-53-51-49-47-19-17-15-13-11-9-7-2/h8,10,13-16,20-21,23-24,26-27,29-30,47,49,55,57,62-63,67H,6-7,9,11-12,17-19,22,25,28,31-46,48,50-54,56,58-61H2,1-5H3,(H-,65,68,69,70)/b10-8-,15-13+,16-14-,21-20-,24-23-,27-26-,30-29-,49-47+,57-55+. The van der Waals surface area contributed by atoms with Gasteiger partial charge in [0.1, 0.15) is 13.2 Å². The smallest absolute Gasteiger partial charge is 0.268 e. The highest BCUT2D eigenvalue weighted by atomic mass is 31.2. The quantitative estimate of drug-likeness (QED) is 0.0272. The molecule has 0 saturated carbocycles. The number of likely N-dealkylation sites (N-methyl/N-ethyl adjacent to an activating group) is 1. The number of quaternary nitrogens is 1. The molecular formula is C64H113N2O6P. The molecule has 0 saturated heterocycles. The second-order valence-electron chi connectivity index (χ2n) is 20.9. The summed E-state index contributed by atoms with van der Waals surface area (Å²) in [6.45, 7) is 4.45. The van der Waals surface area contributed by atoms with Crippen molar-refractivity contribution in [2.24, 2.45) is 0 Å². The first-order valence-corrected chi connectivity index (χ1v) is 31.2. The predicted molar refractivity (Wildman–Crippen MR) is 316 cm³/mol. The summed E-state index contributed by atoms with van der Waals surface area (Å²) < 4.78 is 23.2. The van der Waals surface area contributed by atoms with E-state index >= 15 is 0 Å². The predicted octanol–water partition coefficient (Wildman–Crippen LogP) is 17.7. The van der Waals surface area contributed by atoms with Crippen molar-refractivity contribution in [3.63, 3.8) is 0 Å². The Morgan fingerprint density at radius 2 is 0.849 bits per heavy atom. The van der Waals surface area contributed by atoms with Crippen LogP contribution in [0, 0.1) is 0 Å². The van der Waals surface area contributed by atoms with E-state index in [9.17, 15) is 19.4 Å². The van der Waals surface area contributed by atoms with Gasteiger partial charge >= 0.3 is 0 Å². The average Bonchev–Trinajstić information content (AvgIpc) is 3.35. The van der Waals surface area contributed by atoms with Gasteiger partial charge in [0.05, 0.1) is 39.9 Å². The molecule has 0 rings (SSSR count). The third-order valence-corrected chi connectivity index (χ3v) is 13.7. The highest BCUT2D eigenvalue weighted by molar-refractivity contribution is 7.45. The van der Waals surface area contributed by atoms with Crippen LogP contribution >= 0.6 is 7.82 Å². The molecule has 0 aromatic heterocycles. The monoisotopic (exact) mass is 1040 g/mol. The van der Waals surface area contributed by atoms with Crippen LogP contribution < -0.4 is 10.2 Å². The van der Waals surface area contributed by atoms with Crippen molar-refractivity contribution in [2.45, 2.75) is 251 Å². The number of aliphatic hydroxyl groups excluding tert-OH is 1. The van der Waals surface area contributed by atoms with Crippen LogP contribution in [0.5, 0.6) is 0 Å². The first-order chi connectivity index (χ1) is 35.5. The van der Waals surface area contributed by atoms with Gasteiger partial charge in [-0.1, -0.05) is 252 Å². The van der Waals surface area contributed by atoms with E-state index in [1.807, 2.05) is 27.2 Å². The second kappa shape index (κ2) is 54.0. The summed E-state index contributed by atoms with van der Waals surface area (Å²) in [6.07, 6.45) is 79.1. The van der Waals surface area contributed by atoms with Gasteiger partial charge < -0.3 is 28.8 Å². The number of hydrogen-bond donors (Lipinski definition) is 2. The maximum absolute atomic E-state index is 12.9. The Balaban J connectivity index is 3.95. The summed E-state index contributed by atoms with van der Waals surface area (Å²) in [7, 11) is 1.23. The number of amides is 1. The van der Waals surface area contributed by atoms with E-state index in [0.717, 1.165) is 89.9 Å². The lowest BCUT2D eigenvalue weighted by Crippen LogP contribution is -2.45. The largest absolute Gasteiger partial charge is 0.756 e. The molecule has 9 heteroatoms. The van der Waals surface area contributed by atoms with Gasteiger partial charge in [0, 0.05) is 6.42 Å². The van der Waals surface area contributed by atoms with Crippen LogP contribution in [-0.4, -0.2) is 68.5 Å². The van der Waals surface area contributed by atoms with Crippen molar-refractivity contribution >= 4 is 13.7 Å². The molecule has 0 aromatic rings. The molecule has 0 aliphatic heterocycles. The van der Waals surface area contributed by atoms with Gasteiger partial charge in [-0.25, -0.2) is 0 Å². The van der Waals surface area contributed by atoms with E-state index in [2.05, 4.69) is 116 Å². The number of phosphoric ester groups is 1. The van der Waals surface area contributed by atoms with Gasteiger partial charge in [0.15, 0.2) is 0 Å². The molecule has 0 spiro atoms. The van der Waals surface area contributed by atoms with Gasteiger partial charge in [-0.15, -0.1) is 0 Å². The van der Waals surface area contributed by atoms with Crippen LogP contribution in [0.25, 0.3) is 0 Å². The zero-order valence-electron chi connectivity index (χ0n) is 47.8. The fourth-order valence-corrected chi connectivity index (χ4v) is 8.78. The Morgan fingerprint density at radius 3 is 1.27 bits per heavy atom. The number of carbonyl (C=O) groups is 1. The van der Waals surface area contributed by atoms with Crippen LogP contribution in [0.15, 0.2) is 109 Å². The number of carbonyl (C=O) groups excluding carboxylic acids is 1. The minimum absolute atomic E-state index is 0.0119. The fraction of sp³-hybridized carbons (Fsp3) is 0.703. The molecule has 8 nitrogen and oxygen atoms in total. The highest BCUT2D eigenvalue weighted by Gasteiger charge is 2.23. The molecule has 0 fully saturated rings. The van der Waals surface area contributed by atoms with E-state index in [-0.39, 0.29) is 12.5 Å². The summed E-state index contributed by atoms with van der Waals surface area (Å²) in [5, 5.41) is 13.8. The van der Waals surface area contributed by atoms with Gasteiger partial charge in [0.25, 0.3) is 7.82 Å². The maximum Gasteiger partial charge on any atom is 0.268 e. The first-order valence-electron chi connectivity index (χ1n) is 29.7. The minimum Gasteiger partial charge on any atom is -0.756 e. The Morgan fingerprint density at radius 1 is 0.493 bits per heavy atom. The molecule has 2 N–H and O–H groups in total. The summed E-state index contributed by atoms with van der Waals surface area (Å²) in [4.78, 5) is 25.4. The molecule has 0 radical (unpaired) electrons. The minimum atomic E-state index is -4.61. The zero-order valence-corrected chi connectivity index (χ0v) is 48.7. The van der Waals surface area contributed by atoms with E-state index in [1.54, 1.807) is 6.08 Å². The molecule has 420 valence electrons. The van der Waals surface area contributed by atoms with Crippen LogP contribution in [0.1, 0.15) is 239 Å². The SMILES string of the molecule is CC/C=C\C/C=C\C/C=C\C/C=C\C/C=C\C/C=C\CCCCCCCCCCCCCCCCCCCCCCC(=O)NC(COP(=O)([O-])OCC[N+](C)(C)C)C(O)/C=C/CC/C=C/CC/C=C/CCCC. The van der Waals surface area contributed by atoms with Gasteiger partial charge in [0.2, 0.25) is 5.91 Å². The maximum atomic E-state index is 12.9. The topological polar surface area (TPSA) is 108 Å². The van der Waals surface area contributed by atoms with Crippen LogP contribution in [0.3, 0.4) is 0 Å². The third-order valence-electron chi connectivity index (χ3n) is 12.7. The molecule has 0 bridgehead atoms.